The molecule has 3 fully saturated rings. The fraction of sp³-hybridized carbons (Fsp3) is 1.00. The molecule has 0 aromatic rings. The van der Waals surface area contributed by atoms with Gasteiger partial charge in [0.05, 0.1) is 12.2 Å². The summed E-state index contributed by atoms with van der Waals surface area (Å²) < 4.78 is 5.96. The minimum atomic E-state index is 0.305. The monoisotopic (exact) mass is 238 g/mol. The van der Waals surface area contributed by atoms with E-state index in [1.54, 1.807) is 0 Å². The van der Waals surface area contributed by atoms with Gasteiger partial charge in [0, 0.05) is 25.2 Å². The predicted molar refractivity (Wildman–Crippen MR) is 68.9 cm³/mol. The minimum absolute atomic E-state index is 0.305. The summed E-state index contributed by atoms with van der Waals surface area (Å²) in [4.78, 5) is 2.71. The second-order valence-electron chi connectivity index (χ2n) is 6.17. The fourth-order valence-corrected chi connectivity index (χ4v) is 4.50. The number of nitrogens with two attached hydrogens (primary N) is 1. The molecule has 0 spiro atoms. The lowest BCUT2D eigenvalue weighted by Crippen LogP contribution is -2.61. The standard InChI is InChI=1S/C14H26N2O/c1-2-11-4-3-7-14(11,10-15)16-8-12-5-6-13(9-16)17-12/h11-13H,2-10,15H2,1H3. The van der Waals surface area contributed by atoms with Crippen LogP contribution in [0.4, 0.5) is 0 Å². The lowest BCUT2D eigenvalue weighted by Gasteiger charge is -2.48. The molecule has 3 aliphatic rings. The molecule has 0 radical (unpaired) electrons. The molecule has 3 heteroatoms. The van der Waals surface area contributed by atoms with Gasteiger partial charge in [-0.1, -0.05) is 19.8 Å². The number of rotatable bonds is 3. The average molecular weight is 238 g/mol. The van der Waals surface area contributed by atoms with Crippen molar-refractivity contribution in [3.63, 3.8) is 0 Å². The smallest absolute Gasteiger partial charge is 0.0707 e. The number of ether oxygens (including phenoxy) is 1. The molecule has 17 heavy (non-hydrogen) atoms. The molecule has 4 unspecified atom stereocenters. The molecular formula is C14H26N2O. The first-order valence-electron chi connectivity index (χ1n) is 7.39. The van der Waals surface area contributed by atoms with E-state index < -0.39 is 0 Å². The van der Waals surface area contributed by atoms with Crippen molar-refractivity contribution in [3.8, 4) is 0 Å². The zero-order valence-electron chi connectivity index (χ0n) is 11.0. The average Bonchev–Trinajstić information content (AvgIpc) is 2.93. The Morgan fingerprint density at radius 3 is 2.53 bits per heavy atom. The van der Waals surface area contributed by atoms with Gasteiger partial charge in [-0.15, -0.1) is 0 Å². The quantitative estimate of drug-likeness (QED) is 0.814. The number of hydrogen-bond donors (Lipinski definition) is 1. The van der Waals surface area contributed by atoms with Gasteiger partial charge in [0.25, 0.3) is 0 Å². The number of fused-ring (bicyclic) bond motifs is 2. The molecule has 0 amide bonds. The van der Waals surface area contributed by atoms with E-state index in [-0.39, 0.29) is 0 Å². The lowest BCUT2D eigenvalue weighted by atomic mass is 9.82. The molecule has 3 nitrogen and oxygen atoms in total. The van der Waals surface area contributed by atoms with E-state index in [1.165, 1.54) is 38.5 Å². The largest absolute Gasteiger partial charge is 0.372 e. The lowest BCUT2D eigenvalue weighted by molar-refractivity contribution is -0.0865. The number of nitrogens with zero attached hydrogens (tertiary/aromatic N) is 1. The third kappa shape index (κ3) is 1.83. The molecule has 0 aromatic heterocycles. The normalized spacial score (nSPS) is 46.6. The molecule has 2 aliphatic heterocycles. The third-order valence-electron chi connectivity index (χ3n) is 5.44. The van der Waals surface area contributed by atoms with E-state index in [1.807, 2.05) is 0 Å². The maximum Gasteiger partial charge on any atom is 0.0707 e. The van der Waals surface area contributed by atoms with Crippen molar-refractivity contribution >= 4 is 0 Å². The van der Waals surface area contributed by atoms with Crippen LogP contribution in [0.5, 0.6) is 0 Å². The third-order valence-corrected chi connectivity index (χ3v) is 5.44. The number of hydrogen-bond acceptors (Lipinski definition) is 3. The summed E-state index contributed by atoms with van der Waals surface area (Å²) in [5.41, 5.74) is 6.50. The highest BCUT2D eigenvalue weighted by molar-refractivity contribution is 5.04. The molecule has 4 atom stereocenters. The molecule has 0 aromatic carbocycles. The summed E-state index contributed by atoms with van der Waals surface area (Å²) in [6.45, 7) is 5.43. The van der Waals surface area contributed by atoms with Gasteiger partial charge in [0.2, 0.25) is 0 Å². The van der Waals surface area contributed by atoms with Crippen LogP contribution < -0.4 is 5.73 Å². The molecule has 98 valence electrons. The van der Waals surface area contributed by atoms with E-state index in [2.05, 4.69) is 11.8 Å². The number of morpholine rings is 1. The Morgan fingerprint density at radius 2 is 1.94 bits per heavy atom. The fourth-order valence-electron chi connectivity index (χ4n) is 4.50. The molecule has 2 bridgehead atoms. The molecule has 2 saturated heterocycles. The molecule has 3 rings (SSSR count). The second kappa shape index (κ2) is 4.52. The summed E-state index contributed by atoms with van der Waals surface area (Å²) >= 11 is 0. The van der Waals surface area contributed by atoms with Crippen molar-refractivity contribution in [2.75, 3.05) is 19.6 Å². The van der Waals surface area contributed by atoms with E-state index in [9.17, 15) is 0 Å². The van der Waals surface area contributed by atoms with Crippen LogP contribution in [0.15, 0.2) is 0 Å². The summed E-state index contributed by atoms with van der Waals surface area (Å²) in [7, 11) is 0. The van der Waals surface area contributed by atoms with E-state index in [0.29, 0.717) is 17.7 Å². The zero-order valence-corrected chi connectivity index (χ0v) is 11.0. The van der Waals surface area contributed by atoms with Crippen LogP contribution in [-0.4, -0.2) is 42.3 Å². The van der Waals surface area contributed by atoms with Crippen molar-refractivity contribution in [3.05, 3.63) is 0 Å². The maximum atomic E-state index is 6.19. The first kappa shape index (κ1) is 11.9. The van der Waals surface area contributed by atoms with Gasteiger partial charge in [-0.3, -0.25) is 4.90 Å². The predicted octanol–water partition coefficient (Wildman–Crippen LogP) is 1.76. The molecule has 1 saturated carbocycles. The summed E-state index contributed by atoms with van der Waals surface area (Å²) in [6, 6.07) is 0. The summed E-state index contributed by atoms with van der Waals surface area (Å²) in [6.07, 6.45) is 8.84. The van der Waals surface area contributed by atoms with Crippen LogP contribution in [0, 0.1) is 5.92 Å². The second-order valence-corrected chi connectivity index (χ2v) is 6.17. The van der Waals surface area contributed by atoms with Crippen LogP contribution in [-0.2, 0) is 4.74 Å². The number of likely N-dealkylation sites (tertiary alicyclic amines) is 1. The first-order chi connectivity index (χ1) is 8.28. The molecule has 1 aliphatic carbocycles. The molecule has 2 heterocycles. The Labute approximate surface area is 105 Å². The van der Waals surface area contributed by atoms with Crippen molar-refractivity contribution in [2.24, 2.45) is 11.7 Å². The minimum Gasteiger partial charge on any atom is -0.372 e. The van der Waals surface area contributed by atoms with Gasteiger partial charge in [-0.25, -0.2) is 0 Å². The van der Waals surface area contributed by atoms with Gasteiger partial charge in [0.1, 0.15) is 0 Å². The highest BCUT2D eigenvalue weighted by Crippen LogP contribution is 2.44. The van der Waals surface area contributed by atoms with Crippen LogP contribution in [0.3, 0.4) is 0 Å². The van der Waals surface area contributed by atoms with Gasteiger partial charge in [-0.05, 0) is 31.6 Å². The van der Waals surface area contributed by atoms with Gasteiger partial charge in [-0.2, -0.15) is 0 Å². The van der Waals surface area contributed by atoms with Crippen molar-refractivity contribution in [2.45, 2.75) is 63.2 Å². The highest BCUT2D eigenvalue weighted by atomic mass is 16.5. The Hall–Kier alpha value is -0.120. The first-order valence-corrected chi connectivity index (χ1v) is 7.39. The van der Waals surface area contributed by atoms with Crippen LogP contribution in [0.2, 0.25) is 0 Å². The summed E-state index contributed by atoms with van der Waals surface area (Å²) in [5, 5.41) is 0. The maximum absolute atomic E-state index is 6.19. The van der Waals surface area contributed by atoms with E-state index in [0.717, 1.165) is 25.6 Å². The van der Waals surface area contributed by atoms with Crippen molar-refractivity contribution < 1.29 is 4.74 Å². The molecule has 2 N–H and O–H groups in total. The SMILES string of the molecule is CCC1CCCC1(CN)N1CC2CCC(C1)O2. The Bertz CT molecular complexity index is 271. The Balaban J connectivity index is 1.80. The zero-order chi connectivity index (χ0) is 11.9. The molecular weight excluding hydrogens is 212 g/mol. The topological polar surface area (TPSA) is 38.5 Å². The van der Waals surface area contributed by atoms with Crippen molar-refractivity contribution in [1.82, 2.24) is 4.90 Å². The van der Waals surface area contributed by atoms with Crippen LogP contribution in [0.1, 0.15) is 45.4 Å². The van der Waals surface area contributed by atoms with E-state index >= 15 is 0 Å². The Kier molecular flexibility index (Phi) is 3.18. The van der Waals surface area contributed by atoms with Gasteiger partial charge >= 0.3 is 0 Å². The van der Waals surface area contributed by atoms with Crippen molar-refractivity contribution in [1.29, 1.82) is 0 Å². The van der Waals surface area contributed by atoms with Gasteiger partial charge < -0.3 is 10.5 Å². The van der Waals surface area contributed by atoms with Gasteiger partial charge in [0.15, 0.2) is 0 Å². The summed E-state index contributed by atoms with van der Waals surface area (Å²) in [5.74, 6) is 0.810. The van der Waals surface area contributed by atoms with Crippen LogP contribution >= 0.6 is 0 Å². The highest BCUT2D eigenvalue weighted by Gasteiger charge is 2.49. The van der Waals surface area contributed by atoms with Crippen LogP contribution in [0.25, 0.3) is 0 Å². The van der Waals surface area contributed by atoms with E-state index in [4.69, 9.17) is 10.5 Å². The Morgan fingerprint density at radius 1 is 1.24 bits per heavy atom.